The Bertz CT molecular complexity index is 944. The molecule has 2 N–H and O–H groups in total. The second-order valence-electron chi connectivity index (χ2n) is 7.44. The molecule has 2 aromatic carbocycles. The first-order chi connectivity index (χ1) is 13.5. The van der Waals surface area contributed by atoms with Gasteiger partial charge in [0.2, 0.25) is 0 Å². The molecule has 28 heavy (non-hydrogen) atoms. The first kappa shape index (κ1) is 19.9. The predicted octanol–water partition coefficient (Wildman–Crippen LogP) is 5.31. The van der Waals surface area contributed by atoms with Gasteiger partial charge < -0.3 is 9.84 Å². The van der Waals surface area contributed by atoms with Crippen LogP contribution in [0, 0.1) is 11.8 Å². The highest BCUT2D eigenvalue weighted by Crippen LogP contribution is 2.34. The number of aliphatic carboxylic acids is 1. The van der Waals surface area contributed by atoms with E-state index in [1.54, 1.807) is 13.1 Å². The van der Waals surface area contributed by atoms with Crippen molar-refractivity contribution in [2.45, 2.75) is 40.0 Å². The fraction of sp³-hybridized carbons (Fsp3) is 0.391. The number of aromatic amines is 1. The van der Waals surface area contributed by atoms with Crippen molar-refractivity contribution in [1.82, 2.24) is 10.2 Å². The molecule has 1 aromatic heterocycles. The maximum absolute atomic E-state index is 11.3. The molecule has 1 heterocycles. The number of carbonyl (C=O) groups is 1. The minimum absolute atomic E-state index is 0.430. The van der Waals surface area contributed by atoms with Crippen molar-refractivity contribution in [2.24, 2.45) is 11.8 Å². The normalized spacial score (nSPS) is 12.4. The Balaban J connectivity index is 1.97. The number of hydrogen-bond acceptors (Lipinski definition) is 3. The standard InChI is InChI=1S/C23H28N2O3/c1-4-16(5-2)14-28-22-9-6-17(10-15(3)23(26)27)11-20(22)18-7-8-21-19(12-18)13-24-25-21/h6-9,11-13,15-16H,4-5,10,14H2,1-3H3,(H,24,25)(H,26,27). The van der Waals surface area contributed by atoms with Crippen molar-refractivity contribution in [3.63, 3.8) is 0 Å². The fourth-order valence-electron chi connectivity index (χ4n) is 3.34. The highest BCUT2D eigenvalue weighted by Gasteiger charge is 2.15. The van der Waals surface area contributed by atoms with Crippen LogP contribution in [0.1, 0.15) is 39.2 Å². The molecule has 0 aliphatic heterocycles. The van der Waals surface area contributed by atoms with Crippen molar-refractivity contribution < 1.29 is 14.6 Å². The maximum atomic E-state index is 11.3. The Morgan fingerprint density at radius 3 is 2.68 bits per heavy atom. The largest absolute Gasteiger partial charge is 0.493 e. The van der Waals surface area contributed by atoms with Crippen molar-refractivity contribution in [1.29, 1.82) is 0 Å². The van der Waals surface area contributed by atoms with Gasteiger partial charge in [-0.3, -0.25) is 9.89 Å². The lowest BCUT2D eigenvalue weighted by molar-refractivity contribution is -0.141. The van der Waals surface area contributed by atoms with Crippen LogP contribution in [-0.4, -0.2) is 27.9 Å². The Morgan fingerprint density at radius 2 is 1.96 bits per heavy atom. The van der Waals surface area contributed by atoms with Crippen LogP contribution in [0.4, 0.5) is 0 Å². The molecular formula is C23H28N2O3. The van der Waals surface area contributed by atoms with Crippen LogP contribution in [0.15, 0.2) is 42.6 Å². The van der Waals surface area contributed by atoms with Gasteiger partial charge in [0.1, 0.15) is 5.75 Å². The lowest BCUT2D eigenvalue weighted by atomic mass is 9.96. The van der Waals surface area contributed by atoms with Crippen LogP contribution in [0.2, 0.25) is 0 Å². The van der Waals surface area contributed by atoms with Gasteiger partial charge in [-0.05, 0) is 47.7 Å². The third kappa shape index (κ3) is 4.53. The monoisotopic (exact) mass is 380 g/mol. The molecule has 0 amide bonds. The molecule has 0 spiro atoms. The molecule has 1 unspecified atom stereocenters. The molecule has 3 aromatic rings. The molecular weight excluding hydrogens is 352 g/mol. The molecule has 0 aliphatic rings. The zero-order valence-corrected chi connectivity index (χ0v) is 16.7. The summed E-state index contributed by atoms with van der Waals surface area (Å²) in [4.78, 5) is 11.3. The van der Waals surface area contributed by atoms with Crippen molar-refractivity contribution >= 4 is 16.9 Å². The van der Waals surface area contributed by atoms with E-state index in [9.17, 15) is 9.90 Å². The zero-order chi connectivity index (χ0) is 20.1. The number of aromatic nitrogens is 2. The molecule has 0 bridgehead atoms. The maximum Gasteiger partial charge on any atom is 0.306 e. The summed E-state index contributed by atoms with van der Waals surface area (Å²) in [5.41, 5.74) is 4.01. The van der Waals surface area contributed by atoms with Crippen molar-refractivity contribution in [3.8, 4) is 16.9 Å². The van der Waals surface area contributed by atoms with Crippen molar-refractivity contribution in [3.05, 3.63) is 48.2 Å². The Kier molecular flexibility index (Phi) is 6.34. The van der Waals surface area contributed by atoms with E-state index < -0.39 is 11.9 Å². The smallest absolute Gasteiger partial charge is 0.306 e. The lowest BCUT2D eigenvalue weighted by Crippen LogP contribution is -2.13. The number of benzene rings is 2. The topological polar surface area (TPSA) is 75.2 Å². The molecule has 1 atom stereocenters. The van der Waals surface area contributed by atoms with Gasteiger partial charge in [0, 0.05) is 10.9 Å². The van der Waals surface area contributed by atoms with Gasteiger partial charge in [-0.15, -0.1) is 0 Å². The number of fused-ring (bicyclic) bond motifs is 1. The molecule has 0 fully saturated rings. The second-order valence-corrected chi connectivity index (χ2v) is 7.44. The number of nitrogens with one attached hydrogen (secondary N) is 1. The van der Waals surface area contributed by atoms with E-state index >= 15 is 0 Å². The van der Waals surface area contributed by atoms with Gasteiger partial charge in [0.15, 0.2) is 0 Å². The van der Waals surface area contributed by atoms with Gasteiger partial charge in [-0.2, -0.15) is 5.10 Å². The summed E-state index contributed by atoms with van der Waals surface area (Å²) in [5.74, 6) is 0.147. The van der Waals surface area contributed by atoms with E-state index in [2.05, 4.69) is 36.2 Å². The minimum Gasteiger partial charge on any atom is -0.493 e. The number of carboxylic acids is 1. The van der Waals surface area contributed by atoms with Gasteiger partial charge >= 0.3 is 5.97 Å². The van der Waals surface area contributed by atoms with E-state index in [4.69, 9.17) is 4.74 Å². The lowest BCUT2D eigenvalue weighted by Gasteiger charge is -2.18. The summed E-state index contributed by atoms with van der Waals surface area (Å²) in [6.07, 6.45) is 4.46. The predicted molar refractivity (Wildman–Crippen MR) is 112 cm³/mol. The second kappa shape index (κ2) is 8.91. The molecule has 5 heteroatoms. The average Bonchev–Trinajstić information content (AvgIpc) is 3.17. The number of ether oxygens (including phenoxy) is 1. The summed E-state index contributed by atoms with van der Waals surface area (Å²) in [6, 6.07) is 12.1. The Morgan fingerprint density at radius 1 is 1.18 bits per heavy atom. The molecule has 0 saturated carbocycles. The first-order valence-corrected chi connectivity index (χ1v) is 9.93. The van der Waals surface area contributed by atoms with Crippen LogP contribution in [0.3, 0.4) is 0 Å². The van der Waals surface area contributed by atoms with Crippen LogP contribution in [0.25, 0.3) is 22.0 Å². The highest BCUT2D eigenvalue weighted by molar-refractivity contribution is 5.85. The Hall–Kier alpha value is -2.82. The molecule has 0 radical (unpaired) electrons. The summed E-state index contributed by atoms with van der Waals surface area (Å²) in [6.45, 7) is 6.78. The molecule has 5 nitrogen and oxygen atoms in total. The van der Waals surface area contributed by atoms with E-state index in [0.29, 0.717) is 18.9 Å². The molecule has 148 valence electrons. The van der Waals surface area contributed by atoms with Gasteiger partial charge in [-0.25, -0.2) is 0 Å². The van der Waals surface area contributed by atoms with Crippen LogP contribution in [-0.2, 0) is 11.2 Å². The number of nitrogens with zero attached hydrogens (tertiary/aromatic N) is 1. The third-order valence-corrected chi connectivity index (χ3v) is 5.39. The summed E-state index contributed by atoms with van der Waals surface area (Å²) in [5, 5.41) is 17.3. The number of carboxylic acid groups (broad SMARTS) is 1. The van der Waals surface area contributed by atoms with E-state index in [1.165, 1.54) is 0 Å². The molecule has 0 aliphatic carbocycles. The highest BCUT2D eigenvalue weighted by atomic mass is 16.5. The van der Waals surface area contributed by atoms with Gasteiger partial charge in [0.05, 0.1) is 24.2 Å². The summed E-state index contributed by atoms with van der Waals surface area (Å²) < 4.78 is 6.20. The van der Waals surface area contributed by atoms with Gasteiger partial charge in [0.25, 0.3) is 0 Å². The van der Waals surface area contributed by atoms with Crippen LogP contribution < -0.4 is 4.74 Å². The molecule has 0 saturated heterocycles. The SMILES string of the molecule is CCC(CC)COc1ccc(CC(C)C(=O)O)cc1-c1ccc2[nH]ncc2c1. The van der Waals surface area contributed by atoms with Crippen LogP contribution in [0.5, 0.6) is 5.75 Å². The van der Waals surface area contributed by atoms with Crippen molar-refractivity contribution in [2.75, 3.05) is 6.61 Å². The summed E-state index contributed by atoms with van der Waals surface area (Å²) >= 11 is 0. The average molecular weight is 380 g/mol. The number of hydrogen-bond donors (Lipinski definition) is 2. The minimum atomic E-state index is -0.782. The quantitative estimate of drug-likeness (QED) is 0.528. The third-order valence-electron chi connectivity index (χ3n) is 5.39. The van der Waals surface area contributed by atoms with E-state index in [-0.39, 0.29) is 0 Å². The van der Waals surface area contributed by atoms with Gasteiger partial charge in [-0.1, -0.05) is 45.7 Å². The fourth-order valence-corrected chi connectivity index (χ4v) is 3.34. The summed E-state index contributed by atoms with van der Waals surface area (Å²) in [7, 11) is 0. The number of rotatable bonds is 9. The number of H-pyrrole nitrogens is 1. The first-order valence-electron chi connectivity index (χ1n) is 9.93. The van der Waals surface area contributed by atoms with E-state index in [1.807, 2.05) is 24.3 Å². The molecule has 3 rings (SSSR count). The Labute approximate surface area is 165 Å². The van der Waals surface area contributed by atoms with Crippen LogP contribution >= 0.6 is 0 Å². The zero-order valence-electron chi connectivity index (χ0n) is 16.7. The van der Waals surface area contributed by atoms with E-state index in [0.717, 1.165) is 46.2 Å².